The molecule has 2 saturated carbocycles. The van der Waals surface area contributed by atoms with E-state index in [1.54, 1.807) is 74.9 Å². The number of Topliss-reactive ketones (excluding diaryl/α,β-unsaturated/α-hetero) is 2. The van der Waals surface area contributed by atoms with Gasteiger partial charge in [-0.05, 0) is 122 Å². The number of hydrogen-bond acceptors (Lipinski definition) is 15. The van der Waals surface area contributed by atoms with Crippen LogP contribution in [0.2, 0.25) is 0 Å². The number of hydrogen-bond donors (Lipinski definition) is 3. The van der Waals surface area contributed by atoms with Crippen molar-refractivity contribution in [1.29, 1.82) is 0 Å². The molecule has 21 heteroatoms. The van der Waals surface area contributed by atoms with Crippen LogP contribution >= 0.6 is 23.5 Å². The molecule has 1 amide bonds. The molecule has 0 radical (unpaired) electrons. The number of nitrogens with zero attached hydrogens (tertiary/aromatic N) is 2. The van der Waals surface area contributed by atoms with E-state index in [1.807, 2.05) is 12.5 Å². The molecule has 4 N–H and O–H groups in total. The third kappa shape index (κ3) is 13.6. The molecule has 15 nitrogen and oxygen atoms in total. The summed E-state index contributed by atoms with van der Waals surface area (Å²) in [7, 11) is 6.17. The van der Waals surface area contributed by atoms with Gasteiger partial charge in [-0.25, -0.2) is 27.5 Å². The van der Waals surface area contributed by atoms with E-state index < -0.39 is 40.2 Å². The number of carboxylic acid groups (broad SMARTS) is 1. The highest BCUT2D eigenvalue weighted by Crippen LogP contribution is 2.49. The number of fused-ring (bicyclic) bond motifs is 2. The first-order chi connectivity index (χ1) is 38.8. The number of ether oxygens (including phenoxy) is 6. The van der Waals surface area contributed by atoms with Gasteiger partial charge in [-0.1, -0.05) is 18.2 Å². The molecule has 0 unspecified atom stereocenters. The molecule has 0 spiro atoms. The van der Waals surface area contributed by atoms with Crippen LogP contribution in [0.1, 0.15) is 36.8 Å². The van der Waals surface area contributed by atoms with Crippen LogP contribution in [0.3, 0.4) is 0 Å². The van der Waals surface area contributed by atoms with Crippen molar-refractivity contribution in [2.45, 2.75) is 48.6 Å². The zero-order valence-electron chi connectivity index (χ0n) is 44.6. The van der Waals surface area contributed by atoms with Crippen molar-refractivity contribution in [1.82, 2.24) is 9.97 Å². The van der Waals surface area contributed by atoms with Crippen molar-refractivity contribution in [3.8, 4) is 46.0 Å². The number of nitrogen functional groups attached to an aromatic ring is 1. The Bertz CT molecular complexity index is 3680. The Kier molecular flexibility index (Phi) is 18.3. The average Bonchev–Trinajstić information content (AvgIpc) is 4.55. The molecule has 0 aliphatic heterocycles. The topological polar surface area (TPSA) is 208 Å². The van der Waals surface area contributed by atoms with E-state index in [9.17, 15) is 32.3 Å². The Balaban J connectivity index is 0.000000178. The van der Waals surface area contributed by atoms with Gasteiger partial charge < -0.3 is 44.6 Å². The standard InChI is InChI=1S/C31H27F2NO5S.C18H17FN2O3S.C11H10FNO3/c1-37-26-15-21-23(16-27(26)38-2)34-30(40-3)17-25(21)39-24-9-6-19(12-22(24)33)14-29(36)31(10-11-31)28(35)13-18-4-7-20(32)8-5-18;1-22-16-7-11-13(8-17(16)23-2)21-18(25-3)9-15(11)24-14-5-4-10(20)6-12(14)19;12-7-1-3-8(4-2-7)13-9(14)11(5-6-11)10(15)16/h4-9,12,15-17H,10-11,13-14H2,1-3H3;4-9H,20H2,1-3H3;1-4H,5-6H2,(H,13,14)(H,15,16). The first-order valence-electron chi connectivity index (χ1n) is 24.9. The van der Waals surface area contributed by atoms with Crippen LogP contribution in [-0.2, 0) is 32.0 Å². The number of carbonyl (C=O) groups excluding carboxylic acids is 3. The van der Waals surface area contributed by atoms with Crippen molar-refractivity contribution in [3.63, 3.8) is 0 Å². The summed E-state index contributed by atoms with van der Waals surface area (Å²) in [6.07, 6.45) is 5.42. The van der Waals surface area contributed by atoms with Crippen molar-refractivity contribution >= 4 is 80.1 Å². The molecular weight excluding hydrogens is 1090 g/mol. The van der Waals surface area contributed by atoms with Gasteiger partial charge in [0.05, 0.1) is 44.9 Å². The summed E-state index contributed by atoms with van der Waals surface area (Å²) in [5.41, 5.74) is 6.37. The minimum atomic E-state index is -1.27. The highest BCUT2D eigenvalue weighted by molar-refractivity contribution is 7.98. The summed E-state index contributed by atoms with van der Waals surface area (Å²) >= 11 is 2.88. The summed E-state index contributed by atoms with van der Waals surface area (Å²) in [6, 6.07) is 30.0. The first-order valence-corrected chi connectivity index (χ1v) is 27.3. The van der Waals surface area contributed by atoms with Crippen molar-refractivity contribution in [2.24, 2.45) is 10.8 Å². The maximum Gasteiger partial charge on any atom is 0.319 e. The highest BCUT2D eigenvalue weighted by Gasteiger charge is 2.57. The fraction of sp³-hybridized carbons (Fsp3) is 0.233. The predicted molar refractivity (Wildman–Crippen MR) is 300 cm³/mol. The number of methoxy groups -OCH3 is 4. The average molecular weight is 1150 g/mol. The molecule has 420 valence electrons. The largest absolute Gasteiger partial charge is 0.493 e. The highest BCUT2D eigenvalue weighted by atomic mass is 32.2. The second-order valence-corrected chi connectivity index (χ2v) is 20.3. The van der Waals surface area contributed by atoms with Gasteiger partial charge in [0.2, 0.25) is 5.91 Å². The lowest BCUT2D eigenvalue weighted by molar-refractivity contribution is -0.147. The minimum Gasteiger partial charge on any atom is -0.493 e. The Labute approximate surface area is 471 Å². The number of anilines is 2. The molecule has 2 aliphatic carbocycles. The molecule has 0 bridgehead atoms. The number of pyridine rings is 2. The lowest BCUT2D eigenvalue weighted by Gasteiger charge is -2.15. The van der Waals surface area contributed by atoms with Gasteiger partial charge in [-0.2, -0.15) is 0 Å². The number of carbonyl (C=O) groups is 4. The van der Waals surface area contributed by atoms with Crippen LogP contribution in [-0.4, -0.2) is 79.5 Å². The number of thioether (sulfide) groups is 2. The molecule has 6 aromatic carbocycles. The normalized spacial score (nSPS) is 13.3. The molecule has 8 aromatic rings. The van der Waals surface area contributed by atoms with E-state index >= 15 is 4.39 Å². The van der Waals surface area contributed by atoms with Crippen molar-refractivity contribution in [2.75, 3.05) is 52.0 Å². The zero-order chi connectivity index (χ0) is 58.2. The maximum absolute atomic E-state index is 15.2. The number of aromatic nitrogens is 2. The van der Waals surface area contributed by atoms with Gasteiger partial charge in [-0.15, -0.1) is 23.5 Å². The van der Waals surface area contributed by atoms with E-state index in [1.165, 1.54) is 98.4 Å². The maximum atomic E-state index is 15.2. The van der Waals surface area contributed by atoms with E-state index in [-0.39, 0.29) is 41.7 Å². The van der Waals surface area contributed by atoms with Crippen molar-refractivity contribution in [3.05, 3.63) is 156 Å². The van der Waals surface area contributed by atoms with Crippen LogP contribution in [0.5, 0.6) is 46.0 Å². The van der Waals surface area contributed by atoms with Gasteiger partial charge >= 0.3 is 5.97 Å². The number of halogens is 4. The SMILES string of the molecule is COc1cc2nc(SC)cc(Oc3ccc(CC(=O)C4(C(=O)Cc5ccc(F)cc5)CC4)cc3F)c2cc1OC.COc1cc2nc(SC)cc(Oc3ccc(N)cc3F)c2cc1OC.O=C(O)C1(C(=O)Nc2ccc(F)cc2)CC1. The van der Waals surface area contributed by atoms with Crippen molar-refractivity contribution < 1.29 is 70.3 Å². The number of nitrogens with two attached hydrogens (primary N) is 1. The molecular formula is C60H54F4N4O11S2. The smallest absolute Gasteiger partial charge is 0.319 e. The molecule has 0 atom stereocenters. The molecule has 2 fully saturated rings. The molecule has 10 rings (SSSR count). The summed E-state index contributed by atoms with van der Waals surface area (Å²) in [5.74, 6) is -0.998. The van der Waals surface area contributed by atoms with E-state index in [0.717, 1.165) is 5.03 Å². The number of amides is 1. The second kappa shape index (κ2) is 25.3. The van der Waals surface area contributed by atoms with Crippen LogP contribution in [0, 0.1) is 34.1 Å². The minimum absolute atomic E-state index is 0.0148. The number of rotatable bonds is 19. The quantitative estimate of drug-likeness (QED) is 0.0298. The fourth-order valence-electron chi connectivity index (χ4n) is 8.55. The summed E-state index contributed by atoms with van der Waals surface area (Å²) in [4.78, 5) is 57.7. The summed E-state index contributed by atoms with van der Waals surface area (Å²) in [5, 5.41) is 14.1. The number of benzene rings is 6. The number of carboxylic acids is 1. The fourth-order valence-corrected chi connectivity index (χ4v) is 9.38. The lowest BCUT2D eigenvalue weighted by Crippen LogP contribution is -2.31. The summed E-state index contributed by atoms with van der Waals surface area (Å²) in [6.45, 7) is 0. The van der Waals surface area contributed by atoms with Crippen LogP contribution in [0.15, 0.2) is 131 Å². The third-order valence-corrected chi connectivity index (χ3v) is 14.7. The Morgan fingerprint density at radius 1 is 0.531 bits per heavy atom. The Morgan fingerprint density at radius 3 is 1.37 bits per heavy atom. The predicted octanol–water partition coefficient (Wildman–Crippen LogP) is 12.9. The first kappa shape index (κ1) is 58.6. The van der Waals surface area contributed by atoms with E-state index in [2.05, 4.69) is 15.3 Å². The van der Waals surface area contributed by atoms with Gasteiger partial charge in [-0.3, -0.25) is 19.2 Å². The Morgan fingerprint density at radius 2 is 0.951 bits per heavy atom. The number of aliphatic carboxylic acids is 1. The molecule has 2 aliphatic rings. The zero-order valence-corrected chi connectivity index (χ0v) is 46.3. The lowest BCUT2D eigenvalue weighted by atomic mass is 9.88. The molecule has 2 heterocycles. The van der Waals surface area contributed by atoms with E-state index in [4.69, 9.17) is 39.3 Å². The molecule has 81 heavy (non-hydrogen) atoms. The van der Waals surface area contributed by atoms with Gasteiger partial charge in [0.25, 0.3) is 0 Å². The second-order valence-electron chi connectivity index (χ2n) is 18.7. The van der Waals surface area contributed by atoms with Gasteiger partial charge in [0, 0.05) is 65.3 Å². The van der Waals surface area contributed by atoms with E-state index in [0.29, 0.717) is 110 Å². The van der Waals surface area contributed by atoms with Crippen LogP contribution in [0.4, 0.5) is 28.9 Å². The monoisotopic (exact) mass is 1150 g/mol. The third-order valence-electron chi connectivity index (χ3n) is 13.5. The number of ketones is 2. The van der Waals surface area contributed by atoms with Gasteiger partial charge in [0.1, 0.15) is 38.6 Å². The molecule has 0 saturated heterocycles. The Hall–Kier alpha value is -8.56. The number of nitrogens with one attached hydrogen (secondary N) is 1. The summed E-state index contributed by atoms with van der Waals surface area (Å²) < 4.78 is 88.4. The van der Waals surface area contributed by atoms with Crippen LogP contribution < -0.4 is 39.5 Å². The van der Waals surface area contributed by atoms with Gasteiger partial charge in [0.15, 0.2) is 57.7 Å². The molecule has 2 aromatic heterocycles. The van der Waals surface area contributed by atoms with Crippen LogP contribution in [0.25, 0.3) is 21.8 Å².